The summed E-state index contributed by atoms with van der Waals surface area (Å²) in [6, 6.07) is 31.9. The molecule has 0 fully saturated rings. The van der Waals surface area contributed by atoms with Crippen molar-refractivity contribution >= 4 is 95.7 Å². The van der Waals surface area contributed by atoms with Gasteiger partial charge in [-0.25, -0.2) is 19.9 Å². The van der Waals surface area contributed by atoms with E-state index in [2.05, 4.69) is 85.1 Å². The molecule has 0 bridgehead atoms. The maximum absolute atomic E-state index is 6.19. The number of anilines is 1. The second-order valence-electron chi connectivity index (χ2n) is 16.6. The van der Waals surface area contributed by atoms with Gasteiger partial charge in [-0.3, -0.25) is 20.2 Å². The van der Waals surface area contributed by atoms with Gasteiger partial charge in [0.15, 0.2) is 23.0 Å². The van der Waals surface area contributed by atoms with Gasteiger partial charge in [0, 0.05) is 56.3 Å². The molecule has 12 aromatic rings. The first-order chi connectivity index (χ1) is 34.1. The Labute approximate surface area is 420 Å². The molecule has 70 heavy (non-hydrogen) atoms. The summed E-state index contributed by atoms with van der Waals surface area (Å²) in [4.78, 5) is 37.3. The molecule has 10 heterocycles. The Bertz CT molecular complexity index is 3840. The van der Waals surface area contributed by atoms with E-state index in [9.17, 15) is 0 Å². The molecule has 0 radical (unpaired) electrons. The van der Waals surface area contributed by atoms with Crippen LogP contribution in [0, 0.1) is 12.8 Å². The lowest BCUT2D eigenvalue weighted by Gasteiger charge is -2.12. The highest BCUT2D eigenvalue weighted by molar-refractivity contribution is 7.19. The van der Waals surface area contributed by atoms with Crippen molar-refractivity contribution in [1.82, 2.24) is 60.3 Å². The van der Waals surface area contributed by atoms with E-state index in [1.165, 1.54) is 22.7 Å². The summed E-state index contributed by atoms with van der Waals surface area (Å²) in [6.07, 6.45) is 8.12. The fourth-order valence-electron chi connectivity index (χ4n) is 8.17. The minimum Gasteiger partial charge on any atom is -0.358 e. The Morgan fingerprint density at radius 1 is 0.614 bits per heavy atom. The molecular weight excluding hydrogens is 954 g/mol. The molecule has 2 aromatic carbocycles. The monoisotopic (exact) mass is 997 g/mol. The van der Waals surface area contributed by atoms with Crippen LogP contribution in [-0.2, 0) is 0 Å². The lowest BCUT2D eigenvalue weighted by atomic mass is 10.1. The van der Waals surface area contributed by atoms with Crippen molar-refractivity contribution in [2.24, 2.45) is 5.92 Å². The molecule has 12 rings (SSSR count). The number of hydrogen-bond acceptors (Lipinski definition) is 11. The summed E-state index contributed by atoms with van der Waals surface area (Å²) in [7, 11) is 0. The maximum Gasteiger partial charge on any atom is 0.161 e. The first kappa shape index (κ1) is 46.2. The quantitative estimate of drug-likeness (QED) is 0.0892. The molecule has 13 nitrogen and oxygen atoms in total. The van der Waals surface area contributed by atoms with Crippen LogP contribution < -0.4 is 5.32 Å². The molecule has 0 unspecified atom stereocenters. The van der Waals surface area contributed by atoms with Crippen LogP contribution in [0.15, 0.2) is 134 Å². The van der Waals surface area contributed by atoms with Crippen LogP contribution in [0.1, 0.15) is 39.7 Å². The molecule has 10 aromatic heterocycles. The van der Waals surface area contributed by atoms with Gasteiger partial charge in [-0.2, -0.15) is 10.2 Å². The number of fused-ring (bicyclic) bond motifs is 4. The van der Waals surface area contributed by atoms with Gasteiger partial charge < -0.3 is 15.3 Å². The van der Waals surface area contributed by atoms with Gasteiger partial charge in [0.1, 0.15) is 11.0 Å². The number of nitrogens with zero attached hydrogens (tertiary/aromatic N) is 8. The second kappa shape index (κ2) is 19.8. The van der Waals surface area contributed by atoms with Gasteiger partial charge in [0.25, 0.3) is 0 Å². The average molecular weight is 999 g/mol. The Balaban J connectivity index is 0.000000159. The van der Waals surface area contributed by atoms with Gasteiger partial charge in [-0.15, -0.1) is 22.7 Å². The Morgan fingerprint density at radius 2 is 1.19 bits per heavy atom. The molecule has 0 amide bonds. The summed E-state index contributed by atoms with van der Waals surface area (Å²) in [5.41, 5.74) is 16.7. The summed E-state index contributed by atoms with van der Waals surface area (Å²) < 4.78 is 1.50. The van der Waals surface area contributed by atoms with Crippen molar-refractivity contribution in [1.29, 1.82) is 0 Å². The zero-order valence-corrected chi connectivity index (χ0v) is 41.8. The Hall–Kier alpha value is -7.56. The summed E-state index contributed by atoms with van der Waals surface area (Å²) >= 11 is 15.4. The lowest BCUT2D eigenvalue weighted by Crippen LogP contribution is -2.02. The SMILES string of the molecule is C=C(CC(C)C)Nc1cncc(-c2ccc3[nH]nc(-c4nc5c(-c6ccc(Cl)s6)cccc5[nH]4)c3n2)c1.CC.Cc1ccncc1-c1ccc2[nH]nc(-c3nc4c(-c5ccc(Cl)s5)cccc4[nH]3)c2n1. The van der Waals surface area contributed by atoms with E-state index < -0.39 is 0 Å². The number of rotatable bonds is 10. The lowest BCUT2D eigenvalue weighted by molar-refractivity contribution is 0.645. The number of aromatic amines is 4. The highest BCUT2D eigenvalue weighted by Gasteiger charge is 2.20. The maximum atomic E-state index is 6.19. The van der Waals surface area contributed by atoms with Crippen LogP contribution >= 0.6 is 45.9 Å². The van der Waals surface area contributed by atoms with E-state index in [0.29, 0.717) is 29.0 Å². The van der Waals surface area contributed by atoms with Crippen molar-refractivity contribution in [2.45, 2.75) is 41.0 Å². The van der Waals surface area contributed by atoms with Gasteiger partial charge in [-0.05, 0) is 97.6 Å². The number of nitrogens with one attached hydrogen (secondary N) is 5. The molecule has 17 heteroatoms. The number of pyridine rings is 4. The number of imidazole rings is 2. The minimum absolute atomic E-state index is 0.525. The molecule has 0 atom stereocenters. The number of allylic oxidation sites excluding steroid dienone is 1. The van der Waals surface area contributed by atoms with Crippen LogP contribution in [0.3, 0.4) is 0 Å². The summed E-state index contributed by atoms with van der Waals surface area (Å²) in [5, 5.41) is 18.6. The largest absolute Gasteiger partial charge is 0.358 e. The first-order valence-corrected chi connectivity index (χ1v) is 25.0. The van der Waals surface area contributed by atoms with Gasteiger partial charge >= 0.3 is 0 Å². The minimum atomic E-state index is 0.525. The van der Waals surface area contributed by atoms with Crippen LogP contribution in [0.2, 0.25) is 8.67 Å². The highest BCUT2D eigenvalue weighted by Crippen LogP contribution is 2.38. The molecule has 0 aliphatic rings. The third-order valence-corrected chi connectivity index (χ3v) is 13.8. The molecule has 0 saturated heterocycles. The highest BCUT2D eigenvalue weighted by atomic mass is 35.5. The summed E-state index contributed by atoms with van der Waals surface area (Å²) in [5.74, 6) is 1.85. The van der Waals surface area contributed by atoms with Crippen LogP contribution in [0.25, 0.3) is 111 Å². The van der Waals surface area contributed by atoms with Gasteiger partial charge in [0.2, 0.25) is 0 Å². The first-order valence-electron chi connectivity index (χ1n) is 22.6. The number of aryl methyl sites for hydroxylation is 1. The number of para-hydroxylation sites is 2. The molecule has 0 saturated carbocycles. The number of aromatic nitrogens is 12. The third-order valence-electron chi connectivity index (χ3n) is 11.3. The number of hydrogen-bond donors (Lipinski definition) is 5. The molecular formula is C53H45Cl2N13S2. The fourth-order valence-corrected chi connectivity index (χ4v) is 10.3. The van der Waals surface area contributed by atoms with Crippen molar-refractivity contribution in [3.8, 4) is 66.4 Å². The number of thiophene rings is 2. The summed E-state index contributed by atoms with van der Waals surface area (Å²) in [6.45, 7) is 14.5. The topological polar surface area (TPSA) is 178 Å². The zero-order valence-electron chi connectivity index (χ0n) is 38.7. The smallest absolute Gasteiger partial charge is 0.161 e. The zero-order chi connectivity index (χ0) is 48.5. The predicted molar refractivity (Wildman–Crippen MR) is 289 cm³/mol. The van der Waals surface area contributed by atoms with E-state index in [1.54, 1.807) is 12.4 Å². The Morgan fingerprint density at radius 3 is 1.73 bits per heavy atom. The van der Waals surface area contributed by atoms with Gasteiger partial charge in [-0.1, -0.05) is 81.7 Å². The molecule has 0 aliphatic carbocycles. The molecule has 0 aliphatic heterocycles. The number of benzene rings is 2. The average Bonchev–Trinajstić information content (AvgIpc) is 4.24. The van der Waals surface area contributed by atoms with Gasteiger partial charge in [0.05, 0.1) is 65.0 Å². The van der Waals surface area contributed by atoms with E-state index >= 15 is 0 Å². The van der Waals surface area contributed by atoms with E-state index in [0.717, 1.165) is 120 Å². The normalized spacial score (nSPS) is 11.3. The number of halogens is 2. The second-order valence-corrected chi connectivity index (χ2v) is 20.0. The number of H-pyrrole nitrogens is 4. The Kier molecular flexibility index (Phi) is 13.1. The van der Waals surface area contributed by atoms with E-state index in [1.807, 2.05) is 111 Å². The standard InChI is InChI=1S/C28H24ClN7S.C23H15ClN6S.C2H6/c1-15(2)11-16(3)31-18-12-17(13-30-14-18)20-7-8-22-26(32-20)27(36-35-22)28-33-21-6-4-5-19(25(21)34-28)23-9-10-24(29)37-23;1-12-9-10-25-11-14(12)15-5-6-17-21(26-15)22(30-29-17)23-27-16-4-2-3-13(20(16)28-23)18-7-8-19(24)31-18;1-2/h4-10,12-15,31H,3,11H2,1-2H3,(H,33,34)(H,35,36);2-11H,1H3,(H,27,28)(H,29,30);1-2H3. The molecule has 5 N–H and O–H groups in total. The predicted octanol–water partition coefficient (Wildman–Crippen LogP) is 15.2. The van der Waals surface area contributed by atoms with Crippen molar-refractivity contribution in [3.05, 3.63) is 148 Å². The van der Waals surface area contributed by atoms with E-state index in [-0.39, 0.29) is 0 Å². The van der Waals surface area contributed by atoms with Crippen molar-refractivity contribution < 1.29 is 0 Å². The molecule has 348 valence electrons. The van der Waals surface area contributed by atoms with Crippen LogP contribution in [-0.4, -0.2) is 60.3 Å². The van der Waals surface area contributed by atoms with E-state index in [4.69, 9.17) is 43.1 Å². The van der Waals surface area contributed by atoms with Crippen molar-refractivity contribution in [3.63, 3.8) is 0 Å². The van der Waals surface area contributed by atoms with Crippen molar-refractivity contribution in [2.75, 3.05) is 5.32 Å². The van der Waals surface area contributed by atoms with Crippen LogP contribution in [0.4, 0.5) is 5.69 Å². The molecule has 0 spiro atoms. The van der Waals surface area contributed by atoms with Crippen LogP contribution in [0.5, 0.6) is 0 Å². The fraction of sp³-hybridized carbons (Fsp3) is 0.132. The third kappa shape index (κ3) is 9.31.